The van der Waals surface area contributed by atoms with Gasteiger partial charge in [0, 0.05) is 20.5 Å². The van der Waals surface area contributed by atoms with Gasteiger partial charge in [-0.15, -0.1) is 0 Å². The van der Waals surface area contributed by atoms with Crippen LogP contribution in [0.25, 0.3) is 0 Å². The molecule has 0 radical (unpaired) electrons. The van der Waals surface area contributed by atoms with Gasteiger partial charge >= 0.3 is 0 Å². The first-order chi connectivity index (χ1) is 10.0. The highest BCUT2D eigenvalue weighted by Crippen LogP contribution is 2.12. The van der Waals surface area contributed by atoms with E-state index in [1.54, 1.807) is 12.3 Å². The minimum atomic E-state index is -0.281. The molecule has 0 aliphatic rings. The smallest absolute Gasteiger partial charge is 0.224 e. The Kier molecular flexibility index (Phi) is 4.87. The lowest BCUT2D eigenvalue weighted by Gasteiger charge is -2.11. The van der Waals surface area contributed by atoms with E-state index >= 15 is 0 Å². The highest BCUT2D eigenvalue weighted by atomic mass is 19.1. The van der Waals surface area contributed by atoms with Gasteiger partial charge in [-0.05, 0) is 36.2 Å². The quantitative estimate of drug-likeness (QED) is 0.919. The average Bonchev–Trinajstić information content (AvgIpc) is 2.46. The summed E-state index contributed by atoms with van der Waals surface area (Å²) >= 11 is 0. The van der Waals surface area contributed by atoms with Crippen molar-refractivity contribution in [3.05, 3.63) is 54.0 Å². The Balaban J connectivity index is 1.87. The Hall–Kier alpha value is -2.43. The normalized spacial score (nSPS) is 10.2. The van der Waals surface area contributed by atoms with E-state index in [9.17, 15) is 9.18 Å². The van der Waals surface area contributed by atoms with Gasteiger partial charge in [0.15, 0.2) is 0 Å². The van der Waals surface area contributed by atoms with E-state index in [1.807, 2.05) is 37.2 Å². The number of nitrogens with zero attached hydrogens (tertiary/aromatic N) is 2. The fraction of sp³-hybridized carbons (Fsp3) is 0.250. The van der Waals surface area contributed by atoms with Crippen molar-refractivity contribution < 1.29 is 9.18 Å². The van der Waals surface area contributed by atoms with Crippen molar-refractivity contribution in [2.45, 2.75) is 12.8 Å². The summed E-state index contributed by atoms with van der Waals surface area (Å²) in [7, 11) is 3.80. The van der Waals surface area contributed by atoms with Crippen molar-refractivity contribution in [2.24, 2.45) is 0 Å². The first-order valence-corrected chi connectivity index (χ1v) is 6.72. The van der Waals surface area contributed by atoms with Crippen LogP contribution >= 0.6 is 0 Å². The molecule has 0 saturated heterocycles. The third-order valence-corrected chi connectivity index (χ3v) is 3.02. The molecule has 5 heteroatoms. The third-order valence-electron chi connectivity index (χ3n) is 3.02. The molecular formula is C16H18FN3O. The Bertz CT molecular complexity index is 611. The molecule has 0 atom stereocenters. The number of halogens is 1. The molecule has 0 aliphatic carbocycles. The number of aryl methyl sites for hydroxylation is 1. The van der Waals surface area contributed by atoms with E-state index in [4.69, 9.17) is 0 Å². The summed E-state index contributed by atoms with van der Waals surface area (Å²) in [6, 6.07) is 9.93. The van der Waals surface area contributed by atoms with Gasteiger partial charge < -0.3 is 10.2 Å². The summed E-state index contributed by atoms with van der Waals surface area (Å²) in [5.74, 6) is 0.433. The number of rotatable bonds is 5. The number of nitrogens with one attached hydrogen (secondary N) is 1. The summed E-state index contributed by atoms with van der Waals surface area (Å²) in [4.78, 5) is 18.0. The van der Waals surface area contributed by atoms with Gasteiger partial charge in [-0.25, -0.2) is 9.37 Å². The Morgan fingerprint density at radius 3 is 2.71 bits per heavy atom. The minimum absolute atomic E-state index is 0.112. The number of hydrogen-bond donors (Lipinski definition) is 1. The lowest BCUT2D eigenvalue weighted by molar-refractivity contribution is -0.116. The first-order valence-electron chi connectivity index (χ1n) is 6.72. The van der Waals surface area contributed by atoms with E-state index in [0.717, 1.165) is 11.4 Å². The maximum absolute atomic E-state index is 13.0. The van der Waals surface area contributed by atoms with Crippen LogP contribution in [0.1, 0.15) is 12.0 Å². The molecule has 1 heterocycles. The lowest BCUT2D eigenvalue weighted by atomic mass is 10.1. The van der Waals surface area contributed by atoms with Crippen LogP contribution in [0.4, 0.5) is 15.9 Å². The zero-order chi connectivity index (χ0) is 15.2. The largest absolute Gasteiger partial charge is 0.363 e. The molecule has 2 aromatic rings. The molecular weight excluding hydrogens is 269 g/mol. The van der Waals surface area contributed by atoms with E-state index in [-0.39, 0.29) is 11.7 Å². The van der Waals surface area contributed by atoms with Crippen molar-refractivity contribution in [2.75, 3.05) is 24.3 Å². The molecule has 1 aromatic heterocycles. The van der Waals surface area contributed by atoms with Crippen molar-refractivity contribution in [3.8, 4) is 0 Å². The molecule has 0 fully saturated rings. The highest BCUT2D eigenvalue weighted by molar-refractivity contribution is 5.90. The Morgan fingerprint density at radius 2 is 2.10 bits per heavy atom. The molecule has 1 N–H and O–H groups in total. The standard InChI is InChI=1S/C16H18FN3O/c1-20(2)15-8-7-14(11-18-15)19-16(21)9-6-12-4-3-5-13(17)10-12/h3-5,7-8,10-11H,6,9H2,1-2H3,(H,19,21). The van der Waals surface area contributed by atoms with Gasteiger partial charge in [0.25, 0.3) is 0 Å². The Morgan fingerprint density at radius 1 is 1.29 bits per heavy atom. The van der Waals surface area contributed by atoms with Gasteiger partial charge in [-0.2, -0.15) is 0 Å². The van der Waals surface area contributed by atoms with Crippen LogP contribution in [0.15, 0.2) is 42.6 Å². The molecule has 4 nitrogen and oxygen atoms in total. The highest BCUT2D eigenvalue weighted by Gasteiger charge is 2.05. The molecule has 110 valence electrons. The number of hydrogen-bond acceptors (Lipinski definition) is 3. The Labute approximate surface area is 123 Å². The fourth-order valence-electron chi connectivity index (χ4n) is 1.90. The summed E-state index contributed by atoms with van der Waals surface area (Å²) in [5, 5.41) is 2.78. The average molecular weight is 287 g/mol. The number of carbonyl (C=O) groups excluding carboxylic acids is 1. The number of benzene rings is 1. The van der Waals surface area contributed by atoms with Gasteiger partial charge in [0.2, 0.25) is 5.91 Å². The zero-order valence-corrected chi connectivity index (χ0v) is 12.1. The van der Waals surface area contributed by atoms with Crippen LogP contribution in [-0.4, -0.2) is 25.0 Å². The third kappa shape index (κ3) is 4.56. The molecule has 0 aliphatic heterocycles. The number of carbonyl (C=O) groups is 1. The summed E-state index contributed by atoms with van der Waals surface area (Å²) in [6.45, 7) is 0. The van der Waals surface area contributed by atoms with E-state index in [0.29, 0.717) is 18.5 Å². The number of anilines is 2. The van der Waals surface area contributed by atoms with Crippen LogP contribution in [0.5, 0.6) is 0 Å². The van der Waals surface area contributed by atoms with Gasteiger partial charge in [-0.3, -0.25) is 4.79 Å². The molecule has 0 bridgehead atoms. The zero-order valence-electron chi connectivity index (χ0n) is 12.1. The second kappa shape index (κ2) is 6.83. The summed E-state index contributed by atoms with van der Waals surface area (Å²) in [5.41, 5.74) is 1.47. The minimum Gasteiger partial charge on any atom is -0.363 e. The number of amides is 1. The van der Waals surface area contributed by atoms with Gasteiger partial charge in [0.05, 0.1) is 11.9 Å². The summed E-state index contributed by atoms with van der Waals surface area (Å²) in [6.07, 6.45) is 2.43. The van der Waals surface area contributed by atoms with E-state index < -0.39 is 0 Å². The van der Waals surface area contributed by atoms with Crippen LogP contribution < -0.4 is 10.2 Å². The van der Waals surface area contributed by atoms with Crippen LogP contribution in [0.2, 0.25) is 0 Å². The van der Waals surface area contributed by atoms with E-state index in [1.165, 1.54) is 12.1 Å². The SMILES string of the molecule is CN(C)c1ccc(NC(=O)CCc2cccc(F)c2)cn1. The van der Waals surface area contributed by atoms with Crippen LogP contribution in [0.3, 0.4) is 0 Å². The van der Waals surface area contributed by atoms with Crippen molar-refractivity contribution >= 4 is 17.4 Å². The second-order valence-electron chi connectivity index (χ2n) is 4.98. The predicted molar refractivity (Wildman–Crippen MR) is 81.9 cm³/mol. The first kappa shape index (κ1) is 15.0. The van der Waals surface area contributed by atoms with Crippen molar-refractivity contribution in [3.63, 3.8) is 0 Å². The van der Waals surface area contributed by atoms with Crippen molar-refractivity contribution in [1.82, 2.24) is 4.98 Å². The van der Waals surface area contributed by atoms with Gasteiger partial charge in [-0.1, -0.05) is 12.1 Å². The molecule has 0 unspecified atom stereocenters. The van der Waals surface area contributed by atoms with Crippen LogP contribution in [-0.2, 0) is 11.2 Å². The molecule has 1 aromatic carbocycles. The summed E-state index contributed by atoms with van der Waals surface area (Å²) < 4.78 is 13.0. The number of pyridine rings is 1. The van der Waals surface area contributed by atoms with Crippen LogP contribution in [0, 0.1) is 5.82 Å². The maximum atomic E-state index is 13.0. The topological polar surface area (TPSA) is 45.2 Å². The molecule has 0 saturated carbocycles. The second-order valence-corrected chi connectivity index (χ2v) is 4.98. The lowest BCUT2D eigenvalue weighted by Crippen LogP contribution is -2.14. The maximum Gasteiger partial charge on any atom is 0.224 e. The number of aromatic nitrogens is 1. The monoisotopic (exact) mass is 287 g/mol. The fourth-order valence-corrected chi connectivity index (χ4v) is 1.90. The predicted octanol–water partition coefficient (Wildman–Crippen LogP) is 2.86. The van der Waals surface area contributed by atoms with Crippen molar-refractivity contribution in [1.29, 1.82) is 0 Å². The van der Waals surface area contributed by atoms with Gasteiger partial charge in [0.1, 0.15) is 11.6 Å². The molecule has 0 spiro atoms. The molecule has 21 heavy (non-hydrogen) atoms. The van der Waals surface area contributed by atoms with E-state index in [2.05, 4.69) is 10.3 Å². The molecule has 1 amide bonds. The molecule has 2 rings (SSSR count).